The lowest BCUT2D eigenvalue weighted by Crippen LogP contribution is -2.45. The number of aliphatic carboxylic acids is 1. The Morgan fingerprint density at radius 2 is 2.00 bits per heavy atom. The molecular weight excluding hydrogens is 554 g/mol. The molecule has 1 saturated heterocycles. The predicted octanol–water partition coefficient (Wildman–Crippen LogP) is 2.09. The third kappa shape index (κ3) is 5.73. The van der Waals surface area contributed by atoms with Gasteiger partial charge in [0.15, 0.2) is 12.0 Å². The van der Waals surface area contributed by atoms with Gasteiger partial charge in [0.1, 0.15) is 11.8 Å². The van der Waals surface area contributed by atoms with Crippen molar-refractivity contribution in [3.05, 3.63) is 57.9 Å². The molecule has 0 aliphatic carbocycles. The summed E-state index contributed by atoms with van der Waals surface area (Å²) in [5.41, 5.74) is 1.21. The number of halogens is 1. The molecule has 212 valence electrons. The number of phenols is 1. The highest BCUT2D eigenvalue weighted by molar-refractivity contribution is 6.35. The number of carbonyl (C=O) groups is 3. The Morgan fingerprint density at radius 3 is 2.71 bits per heavy atom. The third-order valence-electron chi connectivity index (χ3n) is 7.05. The lowest BCUT2D eigenvalue weighted by Gasteiger charge is -2.29. The summed E-state index contributed by atoms with van der Waals surface area (Å²) in [6.07, 6.45) is 5.50. The van der Waals surface area contributed by atoms with Crippen LogP contribution in [0.3, 0.4) is 0 Å². The van der Waals surface area contributed by atoms with Crippen molar-refractivity contribution in [1.29, 1.82) is 5.26 Å². The number of fused-ring (bicyclic) bond motifs is 2. The number of aliphatic imine (C=N–C) groups is 1. The van der Waals surface area contributed by atoms with Crippen LogP contribution in [0.15, 0.2) is 39.9 Å². The first kappa shape index (κ1) is 27.7. The number of nitriles is 1. The SMILES string of the molecule is N#CNC(=NC[C@H](NC(=O)c1c(O)cc2c(c1Cl)CCN(C(=O)c1cc3cccnc3o1)C2)C(=O)O)N1CCCC1. The molecular formula is C27H26ClN7O6. The molecule has 0 spiro atoms. The number of rotatable bonds is 6. The zero-order valence-corrected chi connectivity index (χ0v) is 22.5. The van der Waals surface area contributed by atoms with Gasteiger partial charge in [-0.1, -0.05) is 11.6 Å². The normalized spacial score (nSPS) is 15.8. The number of pyridine rings is 1. The highest BCUT2D eigenvalue weighted by Gasteiger charge is 2.31. The Kier molecular flexibility index (Phi) is 7.93. The van der Waals surface area contributed by atoms with Gasteiger partial charge < -0.3 is 29.7 Å². The second-order valence-electron chi connectivity index (χ2n) is 9.67. The van der Waals surface area contributed by atoms with Crippen LogP contribution in [0.4, 0.5) is 0 Å². The van der Waals surface area contributed by atoms with Gasteiger partial charge in [-0.3, -0.25) is 14.9 Å². The number of aromatic hydroxyl groups is 1. The summed E-state index contributed by atoms with van der Waals surface area (Å²) < 4.78 is 5.59. The van der Waals surface area contributed by atoms with Gasteiger partial charge in [0.25, 0.3) is 11.8 Å². The average Bonchev–Trinajstić information content (AvgIpc) is 3.64. The standard InChI is InChI=1S/C27H26ClN7O6/c28-22-17-5-9-35(25(38)20-11-15-4-3-6-30-24(15)41-20)13-16(17)10-19(36)21(22)23(37)33-18(26(39)40)12-31-27(32-14-29)34-7-1-2-8-34/h3-4,6,10-11,18,36H,1-2,5,7-9,12-13H2,(H,31,32)(H,33,37)(H,39,40)/t18-/m0/s1. The molecule has 1 atom stereocenters. The molecule has 0 bridgehead atoms. The van der Waals surface area contributed by atoms with Crippen LogP contribution in [0.1, 0.15) is 44.9 Å². The quantitative estimate of drug-likeness (QED) is 0.146. The van der Waals surface area contributed by atoms with Crippen LogP contribution >= 0.6 is 11.6 Å². The van der Waals surface area contributed by atoms with Gasteiger partial charge in [-0.05, 0) is 54.7 Å². The maximum atomic E-state index is 13.1. The molecule has 4 N–H and O–H groups in total. The summed E-state index contributed by atoms with van der Waals surface area (Å²) in [6, 6.07) is 5.05. The number of hydrogen-bond donors (Lipinski definition) is 4. The van der Waals surface area contributed by atoms with Crippen LogP contribution in [0.25, 0.3) is 11.1 Å². The number of nitrogens with zero attached hydrogens (tertiary/aromatic N) is 5. The molecule has 14 heteroatoms. The van der Waals surface area contributed by atoms with Crippen LogP contribution in [-0.4, -0.2) is 81.0 Å². The van der Waals surface area contributed by atoms with Gasteiger partial charge in [-0.15, -0.1) is 0 Å². The first-order valence-electron chi connectivity index (χ1n) is 12.9. The van der Waals surface area contributed by atoms with Gasteiger partial charge in [-0.25, -0.2) is 14.8 Å². The number of carbonyl (C=O) groups excluding carboxylic acids is 2. The molecule has 0 unspecified atom stereocenters. The van der Waals surface area contributed by atoms with E-state index in [-0.39, 0.29) is 47.8 Å². The maximum absolute atomic E-state index is 13.1. The smallest absolute Gasteiger partial charge is 0.328 e. The summed E-state index contributed by atoms with van der Waals surface area (Å²) in [6.45, 7) is 1.40. The van der Waals surface area contributed by atoms with E-state index in [9.17, 15) is 24.6 Å². The minimum Gasteiger partial charge on any atom is -0.507 e. The lowest BCUT2D eigenvalue weighted by atomic mass is 9.95. The second-order valence-corrected chi connectivity index (χ2v) is 10.0. The number of aromatic nitrogens is 1. The second kappa shape index (κ2) is 11.7. The van der Waals surface area contributed by atoms with Crippen molar-refractivity contribution in [2.45, 2.75) is 31.8 Å². The van der Waals surface area contributed by atoms with E-state index in [4.69, 9.17) is 21.3 Å². The predicted molar refractivity (Wildman–Crippen MR) is 146 cm³/mol. The molecule has 4 heterocycles. The zero-order chi connectivity index (χ0) is 29.1. The molecule has 41 heavy (non-hydrogen) atoms. The van der Waals surface area contributed by atoms with Gasteiger partial charge in [0, 0.05) is 37.8 Å². The Bertz CT molecular complexity index is 1560. The van der Waals surface area contributed by atoms with Crippen molar-refractivity contribution >= 4 is 46.4 Å². The fraction of sp³-hybridized carbons (Fsp3) is 0.333. The fourth-order valence-electron chi connectivity index (χ4n) is 4.99. The minimum absolute atomic E-state index is 0.0194. The van der Waals surface area contributed by atoms with Crippen molar-refractivity contribution in [2.75, 3.05) is 26.2 Å². The Morgan fingerprint density at radius 1 is 1.22 bits per heavy atom. The summed E-state index contributed by atoms with van der Waals surface area (Å²) in [7, 11) is 0. The molecule has 0 saturated carbocycles. The van der Waals surface area contributed by atoms with Gasteiger partial charge in [-0.2, -0.15) is 5.26 Å². The Hall–Kier alpha value is -4.83. The van der Waals surface area contributed by atoms with Crippen LogP contribution in [0.2, 0.25) is 5.02 Å². The number of hydrogen-bond acceptors (Lipinski definition) is 8. The van der Waals surface area contributed by atoms with Crippen LogP contribution in [0.5, 0.6) is 5.75 Å². The van der Waals surface area contributed by atoms with Gasteiger partial charge in [0.05, 0.1) is 17.1 Å². The van der Waals surface area contributed by atoms with E-state index in [1.165, 1.54) is 6.07 Å². The molecule has 2 amide bonds. The van der Waals surface area contributed by atoms with Crippen molar-refractivity contribution in [1.82, 2.24) is 25.4 Å². The summed E-state index contributed by atoms with van der Waals surface area (Å²) in [5.74, 6) is -2.67. The molecule has 1 aromatic carbocycles. The van der Waals surface area contributed by atoms with E-state index in [2.05, 4.69) is 20.6 Å². The van der Waals surface area contributed by atoms with Gasteiger partial charge in [0.2, 0.25) is 11.7 Å². The van der Waals surface area contributed by atoms with E-state index >= 15 is 0 Å². The molecule has 2 aromatic heterocycles. The fourth-order valence-corrected chi connectivity index (χ4v) is 5.38. The van der Waals surface area contributed by atoms with E-state index in [0.717, 1.165) is 12.8 Å². The maximum Gasteiger partial charge on any atom is 0.328 e. The molecule has 1 fully saturated rings. The molecule has 3 aromatic rings. The molecule has 2 aliphatic heterocycles. The first-order valence-corrected chi connectivity index (χ1v) is 13.3. The van der Waals surface area contributed by atoms with Crippen molar-refractivity contribution in [3.63, 3.8) is 0 Å². The van der Waals surface area contributed by atoms with E-state index < -0.39 is 23.7 Å². The van der Waals surface area contributed by atoms with E-state index in [1.54, 1.807) is 35.5 Å². The number of likely N-dealkylation sites (tertiary alicyclic amines) is 1. The van der Waals surface area contributed by atoms with E-state index in [1.807, 2.05) is 4.90 Å². The van der Waals surface area contributed by atoms with Crippen LogP contribution in [-0.2, 0) is 17.8 Å². The summed E-state index contributed by atoms with van der Waals surface area (Å²) in [5, 5.41) is 35.0. The highest BCUT2D eigenvalue weighted by Crippen LogP contribution is 2.36. The van der Waals surface area contributed by atoms with Crippen molar-refractivity contribution in [3.8, 4) is 11.9 Å². The molecule has 0 radical (unpaired) electrons. The van der Waals surface area contributed by atoms with Crippen molar-refractivity contribution < 1.29 is 29.0 Å². The third-order valence-corrected chi connectivity index (χ3v) is 7.47. The first-order chi connectivity index (χ1) is 19.8. The van der Waals surface area contributed by atoms with E-state index in [0.29, 0.717) is 41.7 Å². The summed E-state index contributed by atoms with van der Waals surface area (Å²) in [4.78, 5) is 49.8. The molecule has 13 nitrogen and oxygen atoms in total. The largest absolute Gasteiger partial charge is 0.507 e. The number of carboxylic acids is 1. The van der Waals surface area contributed by atoms with Crippen LogP contribution in [0, 0.1) is 11.5 Å². The number of phenolic OH excluding ortho intramolecular Hbond substituents is 1. The van der Waals surface area contributed by atoms with Crippen LogP contribution < -0.4 is 10.6 Å². The topological polar surface area (TPSA) is 184 Å². The van der Waals surface area contributed by atoms with Gasteiger partial charge >= 0.3 is 5.97 Å². The molecule has 5 rings (SSSR count). The average molecular weight is 580 g/mol. The lowest BCUT2D eigenvalue weighted by molar-refractivity contribution is -0.138. The van der Waals surface area contributed by atoms with Crippen molar-refractivity contribution in [2.24, 2.45) is 4.99 Å². The number of guanidine groups is 1. The number of nitrogens with one attached hydrogen (secondary N) is 2. The minimum atomic E-state index is -1.45. The summed E-state index contributed by atoms with van der Waals surface area (Å²) >= 11 is 6.56. The Labute approximate surface area is 239 Å². The Balaban J connectivity index is 1.32. The monoisotopic (exact) mass is 579 g/mol. The number of carboxylic acid groups (broad SMARTS) is 1. The number of benzene rings is 1. The highest BCUT2D eigenvalue weighted by atomic mass is 35.5. The zero-order valence-electron chi connectivity index (χ0n) is 21.8. The number of furan rings is 1. The number of amides is 2. The molecule has 2 aliphatic rings.